The van der Waals surface area contributed by atoms with Crippen molar-refractivity contribution in [2.45, 2.75) is 32.7 Å². The van der Waals surface area contributed by atoms with Crippen LogP contribution in [-0.2, 0) is 11.2 Å². The molecule has 7 heteroatoms. The fourth-order valence-electron chi connectivity index (χ4n) is 3.88. The van der Waals surface area contributed by atoms with Crippen LogP contribution in [-0.4, -0.2) is 25.7 Å². The average molecular weight is 452 g/mol. The number of hydrogen-bond acceptors (Lipinski definition) is 5. The Bertz CT molecular complexity index is 1360. The number of nitrogens with zero attached hydrogens (tertiary/aromatic N) is 4. The summed E-state index contributed by atoms with van der Waals surface area (Å²) >= 11 is 0. The molecule has 0 radical (unpaired) electrons. The van der Waals surface area contributed by atoms with Crippen LogP contribution in [0.2, 0.25) is 0 Å². The van der Waals surface area contributed by atoms with Gasteiger partial charge in [0.2, 0.25) is 5.91 Å². The van der Waals surface area contributed by atoms with Gasteiger partial charge in [-0.1, -0.05) is 60.7 Å². The lowest BCUT2D eigenvalue weighted by Gasteiger charge is -2.07. The predicted molar refractivity (Wildman–Crippen MR) is 132 cm³/mol. The molecule has 0 spiro atoms. The summed E-state index contributed by atoms with van der Waals surface area (Å²) in [5, 5.41) is 8.18. The third-order valence-corrected chi connectivity index (χ3v) is 5.53. The van der Waals surface area contributed by atoms with Gasteiger partial charge in [0, 0.05) is 35.4 Å². The van der Waals surface area contributed by atoms with Gasteiger partial charge in [0.15, 0.2) is 17.3 Å². The maximum absolute atomic E-state index is 12.6. The molecule has 1 amide bonds. The number of nitrogens with one attached hydrogen (secondary N) is 1. The van der Waals surface area contributed by atoms with Crippen LogP contribution < -0.4 is 5.32 Å². The van der Waals surface area contributed by atoms with E-state index in [0.717, 1.165) is 27.9 Å². The SMILES string of the molecule is CC(C)n1ncc2cc(NC(=O)CCc3nc(-c4ccccc4)c(-c4ccccc4)o3)cnc21. The summed E-state index contributed by atoms with van der Waals surface area (Å²) in [5.41, 5.74) is 4.14. The molecule has 7 nitrogen and oxygen atoms in total. The van der Waals surface area contributed by atoms with E-state index in [-0.39, 0.29) is 18.4 Å². The lowest BCUT2D eigenvalue weighted by atomic mass is 10.1. The Morgan fingerprint density at radius 3 is 2.41 bits per heavy atom. The quantitative estimate of drug-likeness (QED) is 0.333. The third-order valence-electron chi connectivity index (χ3n) is 5.53. The fourth-order valence-corrected chi connectivity index (χ4v) is 3.88. The highest BCUT2D eigenvalue weighted by Crippen LogP contribution is 2.32. The van der Waals surface area contributed by atoms with Gasteiger partial charge in [-0.3, -0.25) is 4.79 Å². The lowest BCUT2D eigenvalue weighted by molar-refractivity contribution is -0.116. The van der Waals surface area contributed by atoms with Gasteiger partial charge in [0.05, 0.1) is 18.1 Å². The van der Waals surface area contributed by atoms with Crippen LogP contribution in [0.5, 0.6) is 0 Å². The summed E-state index contributed by atoms with van der Waals surface area (Å²) in [7, 11) is 0. The summed E-state index contributed by atoms with van der Waals surface area (Å²) in [4.78, 5) is 21.8. The number of fused-ring (bicyclic) bond motifs is 1. The number of carbonyl (C=O) groups is 1. The highest BCUT2D eigenvalue weighted by molar-refractivity contribution is 5.92. The van der Waals surface area contributed by atoms with E-state index in [1.54, 1.807) is 12.4 Å². The third kappa shape index (κ3) is 4.45. The summed E-state index contributed by atoms with van der Waals surface area (Å²) in [6.45, 7) is 4.11. The van der Waals surface area contributed by atoms with Crippen molar-refractivity contribution in [1.29, 1.82) is 0 Å². The van der Waals surface area contributed by atoms with Crippen LogP contribution in [0, 0.1) is 0 Å². The minimum atomic E-state index is -0.127. The number of anilines is 1. The van der Waals surface area contributed by atoms with Gasteiger partial charge >= 0.3 is 0 Å². The largest absolute Gasteiger partial charge is 0.440 e. The molecule has 0 atom stereocenters. The number of pyridine rings is 1. The van der Waals surface area contributed by atoms with Crippen LogP contribution >= 0.6 is 0 Å². The molecule has 170 valence electrons. The van der Waals surface area contributed by atoms with E-state index in [2.05, 4.69) is 29.2 Å². The molecule has 0 aliphatic heterocycles. The molecule has 0 unspecified atom stereocenters. The Kier molecular flexibility index (Phi) is 5.91. The Hall–Kier alpha value is -4.26. The van der Waals surface area contributed by atoms with Crippen LogP contribution in [0.4, 0.5) is 5.69 Å². The van der Waals surface area contributed by atoms with E-state index < -0.39 is 0 Å². The first kappa shape index (κ1) is 21.6. The Labute approximate surface area is 197 Å². The van der Waals surface area contributed by atoms with Crippen molar-refractivity contribution < 1.29 is 9.21 Å². The summed E-state index contributed by atoms with van der Waals surface area (Å²) in [6.07, 6.45) is 4.06. The summed E-state index contributed by atoms with van der Waals surface area (Å²) in [5.74, 6) is 1.11. The van der Waals surface area contributed by atoms with Crippen molar-refractivity contribution in [2.75, 3.05) is 5.32 Å². The molecule has 0 bridgehead atoms. The monoisotopic (exact) mass is 451 g/mol. The van der Waals surface area contributed by atoms with E-state index in [4.69, 9.17) is 9.40 Å². The number of oxazole rings is 1. The molecule has 0 saturated heterocycles. The Balaban J connectivity index is 1.31. The number of benzene rings is 2. The van der Waals surface area contributed by atoms with Crippen molar-refractivity contribution in [3.8, 4) is 22.6 Å². The number of rotatable bonds is 7. The van der Waals surface area contributed by atoms with Gasteiger partial charge < -0.3 is 9.73 Å². The Morgan fingerprint density at radius 2 is 1.71 bits per heavy atom. The van der Waals surface area contributed by atoms with Crippen molar-refractivity contribution >= 4 is 22.6 Å². The molecule has 0 aliphatic carbocycles. The van der Waals surface area contributed by atoms with Crippen molar-refractivity contribution in [3.63, 3.8) is 0 Å². The van der Waals surface area contributed by atoms with Gasteiger partial charge in [0.25, 0.3) is 0 Å². The van der Waals surface area contributed by atoms with E-state index in [1.807, 2.05) is 71.4 Å². The topological polar surface area (TPSA) is 85.8 Å². The zero-order valence-corrected chi connectivity index (χ0v) is 19.1. The molecule has 0 aliphatic rings. The zero-order chi connectivity index (χ0) is 23.5. The van der Waals surface area contributed by atoms with E-state index >= 15 is 0 Å². The molecule has 2 aromatic carbocycles. The molecular formula is C27H25N5O2. The fraction of sp³-hybridized carbons (Fsp3) is 0.185. The molecule has 1 N–H and O–H groups in total. The number of aromatic nitrogens is 4. The van der Waals surface area contributed by atoms with Crippen molar-refractivity contribution in [1.82, 2.24) is 19.7 Å². The summed E-state index contributed by atoms with van der Waals surface area (Å²) < 4.78 is 7.98. The van der Waals surface area contributed by atoms with Gasteiger partial charge in [0.1, 0.15) is 5.69 Å². The van der Waals surface area contributed by atoms with Crippen molar-refractivity contribution in [3.05, 3.63) is 85.0 Å². The van der Waals surface area contributed by atoms with Gasteiger partial charge in [-0.25, -0.2) is 14.6 Å². The molecular weight excluding hydrogens is 426 g/mol. The highest BCUT2D eigenvalue weighted by Gasteiger charge is 2.17. The second kappa shape index (κ2) is 9.31. The number of aryl methyl sites for hydroxylation is 1. The first-order valence-corrected chi connectivity index (χ1v) is 11.3. The lowest BCUT2D eigenvalue weighted by Crippen LogP contribution is -2.12. The van der Waals surface area contributed by atoms with Gasteiger partial charge in [-0.05, 0) is 19.9 Å². The number of carbonyl (C=O) groups excluding carboxylic acids is 1. The molecule has 3 aromatic heterocycles. The smallest absolute Gasteiger partial charge is 0.224 e. The second-order valence-electron chi connectivity index (χ2n) is 8.39. The number of amides is 1. The molecule has 34 heavy (non-hydrogen) atoms. The maximum atomic E-state index is 12.6. The van der Waals surface area contributed by atoms with Crippen LogP contribution in [0.3, 0.4) is 0 Å². The zero-order valence-electron chi connectivity index (χ0n) is 19.1. The first-order chi connectivity index (χ1) is 16.6. The highest BCUT2D eigenvalue weighted by atomic mass is 16.4. The molecule has 5 rings (SSSR count). The first-order valence-electron chi connectivity index (χ1n) is 11.3. The standard InChI is InChI=1S/C27H25N5O2/c1-18(2)32-27-21(16-29-32)15-22(17-28-27)30-23(33)13-14-24-31-25(19-9-5-3-6-10-19)26(34-24)20-11-7-4-8-12-20/h3-12,15-18H,13-14H2,1-2H3,(H,30,33). The molecule has 3 heterocycles. The summed E-state index contributed by atoms with van der Waals surface area (Å²) in [6, 6.07) is 21.9. The number of hydrogen-bond donors (Lipinski definition) is 1. The van der Waals surface area contributed by atoms with Gasteiger partial charge in [-0.15, -0.1) is 0 Å². The van der Waals surface area contributed by atoms with Crippen molar-refractivity contribution in [2.24, 2.45) is 0 Å². The maximum Gasteiger partial charge on any atom is 0.224 e. The van der Waals surface area contributed by atoms with Crippen LogP contribution in [0.15, 0.2) is 83.5 Å². The molecule has 5 aromatic rings. The van der Waals surface area contributed by atoms with Crippen LogP contribution in [0.1, 0.15) is 32.2 Å². The van der Waals surface area contributed by atoms with E-state index in [9.17, 15) is 4.79 Å². The minimum Gasteiger partial charge on any atom is -0.440 e. The average Bonchev–Trinajstić information content (AvgIpc) is 3.48. The van der Waals surface area contributed by atoms with Gasteiger partial charge in [-0.2, -0.15) is 5.10 Å². The molecule has 0 saturated carbocycles. The normalized spacial score (nSPS) is 11.3. The van der Waals surface area contributed by atoms with E-state index in [1.165, 1.54) is 0 Å². The second-order valence-corrected chi connectivity index (χ2v) is 8.39. The van der Waals surface area contributed by atoms with Crippen LogP contribution in [0.25, 0.3) is 33.6 Å². The molecule has 0 fully saturated rings. The Morgan fingerprint density at radius 1 is 1.00 bits per heavy atom. The minimum absolute atomic E-state index is 0.127. The predicted octanol–water partition coefficient (Wildman–Crippen LogP) is 5.91. The van der Waals surface area contributed by atoms with E-state index in [0.29, 0.717) is 23.8 Å².